The van der Waals surface area contributed by atoms with Gasteiger partial charge in [-0.05, 0) is 36.2 Å². The Labute approximate surface area is 118 Å². The first-order valence-corrected chi connectivity index (χ1v) is 6.58. The minimum absolute atomic E-state index is 0.0470. The fourth-order valence-corrected chi connectivity index (χ4v) is 2.26. The van der Waals surface area contributed by atoms with Gasteiger partial charge in [0, 0.05) is 42.3 Å². The lowest BCUT2D eigenvalue weighted by Crippen LogP contribution is -2.21. The highest BCUT2D eigenvalue weighted by atomic mass is 35.5. The van der Waals surface area contributed by atoms with Gasteiger partial charge < -0.3 is 10.0 Å². The van der Waals surface area contributed by atoms with Crippen LogP contribution in [0.25, 0.3) is 0 Å². The van der Waals surface area contributed by atoms with Crippen LogP contribution in [-0.2, 0) is 13.0 Å². The SMILES string of the molecule is CN(CCc1ccncc1)c1cccc(Cl)c1CO. The summed E-state index contributed by atoms with van der Waals surface area (Å²) in [5.41, 5.74) is 3.00. The van der Waals surface area contributed by atoms with Gasteiger partial charge in [-0.1, -0.05) is 17.7 Å². The maximum absolute atomic E-state index is 9.41. The third kappa shape index (κ3) is 3.46. The van der Waals surface area contributed by atoms with Crippen LogP contribution in [0, 0.1) is 0 Å². The maximum atomic E-state index is 9.41. The molecule has 0 atom stereocenters. The summed E-state index contributed by atoms with van der Waals surface area (Å²) in [4.78, 5) is 6.11. The number of halogens is 1. The second kappa shape index (κ2) is 6.55. The summed E-state index contributed by atoms with van der Waals surface area (Å²) < 4.78 is 0. The minimum atomic E-state index is -0.0470. The van der Waals surface area contributed by atoms with Crippen LogP contribution in [0.5, 0.6) is 0 Å². The lowest BCUT2D eigenvalue weighted by Gasteiger charge is -2.22. The summed E-state index contributed by atoms with van der Waals surface area (Å²) >= 11 is 6.10. The van der Waals surface area contributed by atoms with Crippen molar-refractivity contribution in [3.8, 4) is 0 Å². The molecule has 1 aromatic heterocycles. The number of aromatic nitrogens is 1. The molecule has 0 amide bonds. The van der Waals surface area contributed by atoms with E-state index in [1.54, 1.807) is 18.5 Å². The molecule has 0 radical (unpaired) electrons. The first kappa shape index (κ1) is 13.8. The third-order valence-electron chi connectivity index (χ3n) is 3.15. The molecule has 0 spiro atoms. The molecule has 3 nitrogen and oxygen atoms in total. The Morgan fingerprint density at radius 1 is 1.21 bits per heavy atom. The Kier molecular flexibility index (Phi) is 4.77. The standard InChI is InChI=1S/C15H17ClN2O/c1-18(10-7-12-5-8-17-9-6-12)15-4-2-3-14(16)13(15)11-19/h2-6,8-9,19H,7,10-11H2,1H3. The van der Waals surface area contributed by atoms with Crippen LogP contribution in [0.1, 0.15) is 11.1 Å². The fraction of sp³-hybridized carbons (Fsp3) is 0.267. The second-order valence-electron chi connectivity index (χ2n) is 4.42. The molecule has 1 aromatic carbocycles. The van der Waals surface area contributed by atoms with Gasteiger partial charge in [0.25, 0.3) is 0 Å². The van der Waals surface area contributed by atoms with Crippen LogP contribution >= 0.6 is 11.6 Å². The van der Waals surface area contributed by atoms with Crippen molar-refractivity contribution in [1.29, 1.82) is 0 Å². The van der Waals surface area contributed by atoms with Gasteiger partial charge in [-0.15, -0.1) is 0 Å². The highest BCUT2D eigenvalue weighted by Crippen LogP contribution is 2.26. The average Bonchev–Trinajstić information content (AvgIpc) is 2.45. The van der Waals surface area contributed by atoms with Crippen molar-refractivity contribution >= 4 is 17.3 Å². The number of benzene rings is 1. The van der Waals surface area contributed by atoms with Gasteiger partial charge in [-0.2, -0.15) is 0 Å². The maximum Gasteiger partial charge on any atom is 0.0716 e. The van der Waals surface area contributed by atoms with Crippen LogP contribution in [0.2, 0.25) is 5.02 Å². The quantitative estimate of drug-likeness (QED) is 0.912. The van der Waals surface area contributed by atoms with E-state index in [0.717, 1.165) is 24.2 Å². The molecule has 0 unspecified atom stereocenters. The molecular weight excluding hydrogens is 260 g/mol. The van der Waals surface area contributed by atoms with E-state index in [-0.39, 0.29) is 6.61 Å². The monoisotopic (exact) mass is 276 g/mol. The molecule has 0 bridgehead atoms. The molecule has 0 aliphatic rings. The van der Waals surface area contributed by atoms with Crippen LogP contribution < -0.4 is 4.90 Å². The van der Waals surface area contributed by atoms with Crippen molar-refractivity contribution in [1.82, 2.24) is 4.98 Å². The summed E-state index contributed by atoms with van der Waals surface area (Å²) in [5, 5.41) is 10.0. The second-order valence-corrected chi connectivity index (χ2v) is 4.83. The zero-order chi connectivity index (χ0) is 13.7. The number of hydrogen-bond donors (Lipinski definition) is 1. The average molecular weight is 277 g/mol. The van der Waals surface area contributed by atoms with Crippen LogP contribution in [0.4, 0.5) is 5.69 Å². The van der Waals surface area contributed by atoms with E-state index in [2.05, 4.69) is 9.88 Å². The Morgan fingerprint density at radius 3 is 2.63 bits per heavy atom. The Hall–Kier alpha value is -1.58. The molecule has 1 N–H and O–H groups in total. The van der Waals surface area contributed by atoms with E-state index >= 15 is 0 Å². The lowest BCUT2D eigenvalue weighted by atomic mass is 10.1. The Morgan fingerprint density at radius 2 is 1.95 bits per heavy atom. The molecule has 0 fully saturated rings. The van der Waals surface area contributed by atoms with E-state index < -0.39 is 0 Å². The van der Waals surface area contributed by atoms with Crippen LogP contribution in [-0.4, -0.2) is 23.7 Å². The molecule has 0 aliphatic heterocycles. The van der Waals surface area contributed by atoms with Crippen molar-refractivity contribution in [2.75, 3.05) is 18.5 Å². The predicted molar refractivity (Wildman–Crippen MR) is 78.6 cm³/mol. The molecule has 4 heteroatoms. The first-order valence-electron chi connectivity index (χ1n) is 6.20. The summed E-state index contributed by atoms with van der Waals surface area (Å²) in [6.45, 7) is 0.811. The van der Waals surface area contributed by atoms with E-state index in [1.807, 2.05) is 31.3 Å². The molecule has 1 heterocycles. The zero-order valence-corrected chi connectivity index (χ0v) is 11.6. The van der Waals surface area contributed by atoms with Crippen molar-refractivity contribution in [2.24, 2.45) is 0 Å². The van der Waals surface area contributed by atoms with Crippen molar-refractivity contribution in [3.05, 3.63) is 58.9 Å². The summed E-state index contributed by atoms with van der Waals surface area (Å²) in [5.74, 6) is 0. The molecule has 0 saturated carbocycles. The molecule has 0 aliphatic carbocycles. The predicted octanol–water partition coefficient (Wildman–Crippen LogP) is 2.91. The van der Waals surface area contributed by atoms with Gasteiger partial charge in [-0.3, -0.25) is 4.98 Å². The number of likely N-dealkylation sites (N-methyl/N-ethyl adjacent to an activating group) is 1. The number of aliphatic hydroxyl groups is 1. The van der Waals surface area contributed by atoms with Gasteiger partial charge in [-0.25, -0.2) is 0 Å². The molecule has 100 valence electrons. The van der Waals surface area contributed by atoms with Crippen molar-refractivity contribution in [3.63, 3.8) is 0 Å². The number of rotatable bonds is 5. The van der Waals surface area contributed by atoms with Gasteiger partial charge in [0.1, 0.15) is 0 Å². The van der Waals surface area contributed by atoms with Gasteiger partial charge >= 0.3 is 0 Å². The number of nitrogens with zero attached hydrogens (tertiary/aromatic N) is 2. The smallest absolute Gasteiger partial charge is 0.0716 e. The van der Waals surface area contributed by atoms with Crippen molar-refractivity contribution < 1.29 is 5.11 Å². The molecular formula is C15H17ClN2O. The Bertz CT molecular complexity index is 531. The van der Waals surface area contributed by atoms with Crippen LogP contribution in [0.15, 0.2) is 42.7 Å². The molecule has 2 rings (SSSR count). The minimum Gasteiger partial charge on any atom is -0.392 e. The fourth-order valence-electron chi connectivity index (χ4n) is 2.03. The van der Waals surface area contributed by atoms with E-state index in [4.69, 9.17) is 11.6 Å². The number of pyridine rings is 1. The highest BCUT2D eigenvalue weighted by Gasteiger charge is 2.09. The number of anilines is 1. The van der Waals surface area contributed by atoms with Gasteiger partial charge in [0.05, 0.1) is 6.61 Å². The van der Waals surface area contributed by atoms with Crippen molar-refractivity contribution in [2.45, 2.75) is 13.0 Å². The van der Waals surface area contributed by atoms with E-state index in [9.17, 15) is 5.11 Å². The summed E-state index contributed by atoms with van der Waals surface area (Å²) in [6.07, 6.45) is 4.53. The summed E-state index contributed by atoms with van der Waals surface area (Å²) in [7, 11) is 2.01. The largest absolute Gasteiger partial charge is 0.392 e. The van der Waals surface area contributed by atoms with E-state index in [1.165, 1.54) is 5.56 Å². The normalized spacial score (nSPS) is 10.5. The number of hydrogen-bond acceptors (Lipinski definition) is 3. The van der Waals surface area contributed by atoms with Crippen LogP contribution in [0.3, 0.4) is 0 Å². The topological polar surface area (TPSA) is 36.4 Å². The highest BCUT2D eigenvalue weighted by molar-refractivity contribution is 6.31. The Balaban J connectivity index is 2.08. The van der Waals surface area contributed by atoms with Gasteiger partial charge in [0.2, 0.25) is 0 Å². The molecule has 2 aromatic rings. The zero-order valence-electron chi connectivity index (χ0n) is 10.9. The van der Waals surface area contributed by atoms with E-state index in [0.29, 0.717) is 5.02 Å². The lowest BCUT2D eigenvalue weighted by molar-refractivity contribution is 0.282. The molecule has 19 heavy (non-hydrogen) atoms. The van der Waals surface area contributed by atoms with Gasteiger partial charge in [0.15, 0.2) is 0 Å². The third-order valence-corrected chi connectivity index (χ3v) is 3.50. The molecule has 0 saturated heterocycles. The number of aliphatic hydroxyl groups excluding tert-OH is 1. The summed E-state index contributed by atoms with van der Waals surface area (Å²) in [6, 6.07) is 9.70. The first-order chi connectivity index (χ1) is 9.22.